The first-order chi connectivity index (χ1) is 15.4. The Bertz CT molecular complexity index is 926. The van der Waals surface area contributed by atoms with E-state index in [1.807, 2.05) is 12.1 Å². The van der Waals surface area contributed by atoms with Gasteiger partial charge in [0.1, 0.15) is 12.1 Å². The maximum Gasteiger partial charge on any atom is 0.326 e. The molecule has 4 amide bonds. The molecule has 1 aromatic carbocycles. The largest absolute Gasteiger partial charge is 0.454 e. The van der Waals surface area contributed by atoms with E-state index in [-0.39, 0.29) is 11.3 Å². The standard InChI is InChI=1S/C25H35N3O5/c1-6-17(3)18-7-9-19(10-8-18)26-20(29)14-33-21(30)13-28-22(31)25(27-23(28)32)12-16(2)11-24(4,5)15-25/h7-10,16-17H,6,11-15H2,1-5H3,(H,26,29)(H,27,32)/t16-,17+,25+/m1/s1. The summed E-state index contributed by atoms with van der Waals surface area (Å²) in [5, 5.41) is 5.50. The lowest BCUT2D eigenvalue weighted by Gasteiger charge is -2.43. The summed E-state index contributed by atoms with van der Waals surface area (Å²) >= 11 is 0. The van der Waals surface area contributed by atoms with Gasteiger partial charge in [0, 0.05) is 5.69 Å². The van der Waals surface area contributed by atoms with E-state index in [0.717, 1.165) is 17.7 Å². The fourth-order valence-corrected chi connectivity index (χ4v) is 5.30. The monoisotopic (exact) mass is 457 g/mol. The van der Waals surface area contributed by atoms with Gasteiger partial charge in [-0.05, 0) is 60.6 Å². The summed E-state index contributed by atoms with van der Waals surface area (Å²) < 4.78 is 5.03. The molecule has 1 aliphatic heterocycles. The summed E-state index contributed by atoms with van der Waals surface area (Å²) in [6.45, 7) is 9.47. The van der Waals surface area contributed by atoms with Gasteiger partial charge in [-0.2, -0.15) is 0 Å². The highest BCUT2D eigenvalue weighted by molar-refractivity contribution is 6.09. The number of imide groups is 1. The molecule has 2 fully saturated rings. The van der Waals surface area contributed by atoms with Crippen molar-refractivity contribution in [1.29, 1.82) is 0 Å². The van der Waals surface area contributed by atoms with Gasteiger partial charge < -0.3 is 15.4 Å². The summed E-state index contributed by atoms with van der Waals surface area (Å²) in [5.74, 6) is -0.983. The van der Waals surface area contributed by atoms with Crippen molar-refractivity contribution in [1.82, 2.24) is 10.2 Å². The minimum absolute atomic E-state index is 0.0952. The van der Waals surface area contributed by atoms with Crippen molar-refractivity contribution < 1.29 is 23.9 Å². The molecule has 33 heavy (non-hydrogen) atoms. The predicted octanol–water partition coefficient (Wildman–Crippen LogP) is 3.82. The van der Waals surface area contributed by atoms with E-state index < -0.39 is 42.5 Å². The van der Waals surface area contributed by atoms with Gasteiger partial charge in [-0.1, -0.05) is 46.8 Å². The topological polar surface area (TPSA) is 105 Å². The van der Waals surface area contributed by atoms with Crippen LogP contribution in [-0.2, 0) is 19.1 Å². The molecule has 1 saturated carbocycles. The summed E-state index contributed by atoms with van der Waals surface area (Å²) in [7, 11) is 0. The minimum atomic E-state index is -0.975. The lowest BCUT2D eigenvalue weighted by Crippen LogP contribution is -2.54. The second kappa shape index (κ2) is 9.53. The average Bonchev–Trinajstić information content (AvgIpc) is 2.93. The van der Waals surface area contributed by atoms with E-state index in [4.69, 9.17) is 4.74 Å². The number of ether oxygens (including phenoxy) is 1. The highest BCUT2D eigenvalue weighted by Gasteiger charge is 2.56. The number of benzene rings is 1. The Balaban J connectivity index is 1.52. The molecule has 0 radical (unpaired) electrons. The fourth-order valence-electron chi connectivity index (χ4n) is 5.30. The normalized spacial score (nSPS) is 25.0. The van der Waals surface area contributed by atoms with Gasteiger partial charge in [-0.3, -0.25) is 19.3 Å². The Hall–Kier alpha value is -2.90. The van der Waals surface area contributed by atoms with E-state index in [2.05, 4.69) is 45.3 Å². The van der Waals surface area contributed by atoms with E-state index in [1.54, 1.807) is 12.1 Å². The zero-order valence-electron chi connectivity index (χ0n) is 20.2. The molecule has 0 bridgehead atoms. The Morgan fingerprint density at radius 1 is 1.21 bits per heavy atom. The second-order valence-electron chi connectivity index (χ2n) is 10.4. The first-order valence-electron chi connectivity index (χ1n) is 11.6. The number of urea groups is 1. The van der Waals surface area contributed by atoms with Crippen molar-refractivity contribution in [2.45, 2.75) is 71.8 Å². The van der Waals surface area contributed by atoms with Gasteiger partial charge in [-0.25, -0.2) is 4.79 Å². The van der Waals surface area contributed by atoms with Crippen LogP contribution in [0, 0.1) is 11.3 Å². The van der Waals surface area contributed by atoms with E-state index in [9.17, 15) is 19.2 Å². The number of rotatable bonds is 7. The van der Waals surface area contributed by atoms with Gasteiger partial charge in [-0.15, -0.1) is 0 Å². The third kappa shape index (κ3) is 5.72. The number of anilines is 1. The third-order valence-electron chi connectivity index (χ3n) is 6.65. The lowest BCUT2D eigenvalue weighted by atomic mass is 9.64. The van der Waals surface area contributed by atoms with Crippen molar-refractivity contribution in [3.8, 4) is 0 Å². The Morgan fingerprint density at radius 3 is 2.48 bits per heavy atom. The van der Waals surface area contributed by atoms with Crippen LogP contribution < -0.4 is 10.6 Å². The number of hydrogen-bond acceptors (Lipinski definition) is 5. The van der Waals surface area contributed by atoms with Gasteiger partial charge >= 0.3 is 12.0 Å². The molecule has 0 unspecified atom stereocenters. The first-order valence-corrected chi connectivity index (χ1v) is 11.6. The Morgan fingerprint density at radius 2 is 1.88 bits per heavy atom. The van der Waals surface area contributed by atoms with Crippen molar-refractivity contribution in [3.63, 3.8) is 0 Å². The molecule has 3 rings (SSSR count). The van der Waals surface area contributed by atoms with Gasteiger partial charge in [0.25, 0.3) is 11.8 Å². The molecule has 3 atom stereocenters. The van der Waals surface area contributed by atoms with Crippen LogP contribution in [0.5, 0.6) is 0 Å². The molecule has 8 nitrogen and oxygen atoms in total. The van der Waals surface area contributed by atoms with Gasteiger partial charge in [0.05, 0.1) is 0 Å². The average molecular weight is 458 g/mol. The molecule has 2 N–H and O–H groups in total. The Labute approximate surface area is 195 Å². The molecule has 1 saturated heterocycles. The molecule has 1 aliphatic carbocycles. The van der Waals surface area contributed by atoms with E-state index in [1.165, 1.54) is 5.56 Å². The molecule has 8 heteroatoms. The second-order valence-corrected chi connectivity index (χ2v) is 10.4. The summed E-state index contributed by atoms with van der Waals surface area (Å²) in [6, 6.07) is 6.93. The maximum absolute atomic E-state index is 13.1. The zero-order valence-corrected chi connectivity index (χ0v) is 20.2. The van der Waals surface area contributed by atoms with Crippen LogP contribution in [-0.4, -0.2) is 47.4 Å². The quantitative estimate of drug-likeness (QED) is 0.478. The third-order valence-corrected chi connectivity index (χ3v) is 6.65. The highest BCUT2D eigenvalue weighted by Crippen LogP contribution is 2.46. The smallest absolute Gasteiger partial charge is 0.326 e. The van der Waals surface area contributed by atoms with Crippen LogP contribution in [0.2, 0.25) is 0 Å². The number of carbonyl (C=O) groups excluding carboxylic acids is 4. The van der Waals surface area contributed by atoms with Gasteiger partial charge in [0.2, 0.25) is 0 Å². The molecule has 1 aromatic rings. The minimum Gasteiger partial charge on any atom is -0.454 e. The number of carbonyl (C=O) groups is 4. The SMILES string of the molecule is CC[C@H](C)c1ccc(NC(=O)COC(=O)CN2C(=O)N[C@]3(C[C@H](C)CC(C)(C)C3)C2=O)cc1. The fraction of sp³-hybridized carbons (Fsp3) is 0.600. The Kier molecular flexibility index (Phi) is 7.14. The van der Waals surface area contributed by atoms with Crippen LogP contribution in [0.25, 0.3) is 0 Å². The first kappa shape index (κ1) is 24.7. The molecule has 0 aromatic heterocycles. The summed E-state index contributed by atoms with van der Waals surface area (Å²) in [6.07, 6.45) is 3.07. The van der Waals surface area contributed by atoms with Crippen LogP contribution in [0.1, 0.15) is 71.8 Å². The van der Waals surface area contributed by atoms with Crippen LogP contribution >= 0.6 is 0 Å². The molecule has 180 valence electrons. The van der Waals surface area contributed by atoms with E-state index in [0.29, 0.717) is 24.4 Å². The van der Waals surface area contributed by atoms with Crippen LogP contribution in [0.3, 0.4) is 0 Å². The van der Waals surface area contributed by atoms with Crippen molar-refractivity contribution in [2.75, 3.05) is 18.5 Å². The lowest BCUT2D eigenvalue weighted by molar-refractivity contribution is -0.150. The van der Waals surface area contributed by atoms with Crippen LogP contribution in [0.15, 0.2) is 24.3 Å². The van der Waals surface area contributed by atoms with Crippen molar-refractivity contribution in [3.05, 3.63) is 29.8 Å². The zero-order chi connectivity index (χ0) is 24.4. The van der Waals surface area contributed by atoms with Gasteiger partial charge in [0.15, 0.2) is 6.61 Å². The number of hydrogen-bond donors (Lipinski definition) is 2. The number of amides is 4. The van der Waals surface area contributed by atoms with Crippen molar-refractivity contribution in [2.24, 2.45) is 11.3 Å². The summed E-state index contributed by atoms with van der Waals surface area (Å²) in [5.41, 5.74) is 0.719. The van der Waals surface area contributed by atoms with E-state index >= 15 is 0 Å². The highest BCUT2D eigenvalue weighted by atomic mass is 16.5. The summed E-state index contributed by atoms with van der Waals surface area (Å²) in [4.78, 5) is 50.9. The molecular weight excluding hydrogens is 422 g/mol. The number of esters is 1. The predicted molar refractivity (Wildman–Crippen MR) is 125 cm³/mol. The maximum atomic E-state index is 13.1. The molecule has 1 heterocycles. The molecular formula is C25H35N3O5. The number of nitrogens with one attached hydrogen (secondary N) is 2. The molecule has 1 spiro atoms. The molecule has 2 aliphatic rings. The van der Waals surface area contributed by atoms with Crippen LogP contribution in [0.4, 0.5) is 10.5 Å². The number of nitrogens with zero attached hydrogens (tertiary/aromatic N) is 1. The van der Waals surface area contributed by atoms with Crippen molar-refractivity contribution >= 4 is 29.5 Å².